The van der Waals surface area contributed by atoms with E-state index in [1.54, 1.807) is 6.07 Å². The number of carboxylic acid groups (broad SMARTS) is 2. The van der Waals surface area contributed by atoms with Gasteiger partial charge in [-0.15, -0.1) is 0 Å². The van der Waals surface area contributed by atoms with Crippen LogP contribution < -0.4 is 4.90 Å². The SMILES string of the molecule is O=C(O)N(Cc1cc([N+](=O)[O-])ccc1N1CCCCC1)C(=O)O. The molecule has 9 nitrogen and oxygen atoms in total. The third-order valence-electron chi connectivity index (χ3n) is 3.76. The number of benzene rings is 1. The van der Waals surface area contributed by atoms with Gasteiger partial charge < -0.3 is 15.1 Å². The van der Waals surface area contributed by atoms with Crippen LogP contribution in [-0.2, 0) is 6.54 Å². The van der Waals surface area contributed by atoms with Gasteiger partial charge in [0, 0.05) is 36.5 Å². The van der Waals surface area contributed by atoms with Crippen LogP contribution in [0.3, 0.4) is 0 Å². The predicted octanol–water partition coefficient (Wildman–Crippen LogP) is 2.74. The van der Waals surface area contributed by atoms with Crippen LogP contribution in [0, 0.1) is 10.1 Å². The minimum absolute atomic E-state index is 0.198. The minimum Gasteiger partial charge on any atom is -0.465 e. The van der Waals surface area contributed by atoms with Crippen LogP contribution in [0.25, 0.3) is 0 Å². The Balaban J connectivity index is 2.39. The second kappa shape index (κ2) is 6.95. The smallest absolute Gasteiger partial charge is 0.417 e. The molecule has 23 heavy (non-hydrogen) atoms. The monoisotopic (exact) mass is 323 g/mol. The Morgan fingerprint density at radius 3 is 2.30 bits per heavy atom. The predicted molar refractivity (Wildman–Crippen MR) is 80.8 cm³/mol. The fraction of sp³-hybridized carbons (Fsp3) is 0.429. The quantitative estimate of drug-likeness (QED) is 0.644. The molecule has 1 fully saturated rings. The highest BCUT2D eigenvalue weighted by Gasteiger charge is 2.24. The van der Waals surface area contributed by atoms with Crippen molar-refractivity contribution in [3.8, 4) is 0 Å². The molecular formula is C14H17N3O6. The topological polar surface area (TPSA) is 124 Å². The maximum absolute atomic E-state index is 11.0. The molecule has 0 spiro atoms. The maximum Gasteiger partial charge on any atom is 0.417 e. The van der Waals surface area contributed by atoms with Crippen molar-refractivity contribution >= 4 is 23.6 Å². The van der Waals surface area contributed by atoms with Crippen molar-refractivity contribution in [1.82, 2.24) is 4.90 Å². The third-order valence-corrected chi connectivity index (χ3v) is 3.76. The molecule has 1 heterocycles. The summed E-state index contributed by atoms with van der Waals surface area (Å²) in [7, 11) is 0. The van der Waals surface area contributed by atoms with Crippen LogP contribution in [0.4, 0.5) is 21.0 Å². The van der Waals surface area contributed by atoms with Gasteiger partial charge in [0.25, 0.3) is 5.69 Å². The molecule has 1 saturated heterocycles. The molecule has 0 radical (unpaired) electrons. The lowest BCUT2D eigenvalue weighted by Crippen LogP contribution is -2.35. The molecule has 1 aliphatic heterocycles. The van der Waals surface area contributed by atoms with Gasteiger partial charge in [-0.2, -0.15) is 0 Å². The van der Waals surface area contributed by atoms with Crippen molar-refractivity contribution in [2.45, 2.75) is 25.8 Å². The zero-order valence-electron chi connectivity index (χ0n) is 12.3. The molecule has 2 N–H and O–H groups in total. The Morgan fingerprint density at radius 2 is 1.78 bits per heavy atom. The summed E-state index contributed by atoms with van der Waals surface area (Å²) < 4.78 is 0. The van der Waals surface area contributed by atoms with Gasteiger partial charge in [-0.05, 0) is 25.3 Å². The number of hydrogen-bond acceptors (Lipinski definition) is 5. The Kier molecular flexibility index (Phi) is 4.99. The average Bonchev–Trinajstić information content (AvgIpc) is 2.52. The van der Waals surface area contributed by atoms with Gasteiger partial charge in [0.2, 0.25) is 0 Å². The van der Waals surface area contributed by atoms with E-state index in [2.05, 4.69) is 0 Å². The second-order valence-corrected chi connectivity index (χ2v) is 5.27. The van der Waals surface area contributed by atoms with Crippen molar-refractivity contribution in [3.63, 3.8) is 0 Å². The van der Waals surface area contributed by atoms with Crippen LogP contribution in [0.1, 0.15) is 24.8 Å². The maximum atomic E-state index is 11.0. The molecule has 9 heteroatoms. The molecule has 124 valence electrons. The number of nitrogens with zero attached hydrogens (tertiary/aromatic N) is 3. The second-order valence-electron chi connectivity index (χ2n) is 5.27. The van der Waals surface area contributed by atoms with E-state index in [4.69, 9.17) is 10.2 Å². The molecule has 0 saturated carbocycles. The first kappa shape index (κ1) is 16.5. The van der Waals surface area contributed by atoms with Crippen molar-refractivity contribution in [2.75, 3.05) is 18.0 Å². The fourth-order valence-electron chi connectivity index (χ4n) is 2.64. The molecule has 1 aromatic carbocycles. The molecule has 0 aromatic heterocycles. The standard InChI is InChI=1S/C14H17N3O6/c18-13(19)16(14(20)21)9-10-8-11(17(22)23)4-5-12(10)15-6-2-1-3-7-15/h4-5,8H,1-3,6-7,9H2,(H,18,19)(H,20,21). The normalized spacial score (nSPS) is 14.3. The largest absolute Gasteiger partial charge is 0.465 e. The first-order chi connectivity index (χ1) is 10.9. The van der Waals surface area contributed by atoms with Gasteiger partial charge in [0.15, 0.2) is 0 Å². The first-order valence-corrected chi connectivity index (χ1v) is 7.16. The minimum atomic E-state index is -1.62. The van der Waals surface area contributed by atoms with E-state index in [1.165, 1.54) is 12.1 Å². The summed E-state index contributed by atoms with van der Waals surface area (Å²) in [5.74, 6) is 0. The highest BCUT2D eigenvalue weighted by molar-refractivity contribution is 5.85. The van der Waals surface area contributed by atoms with E-state index in [-0.39, 0.29) is 10.6 Å². The molecule has 0 aliphatic carbocycles. The van der Waals surface area contributed by atoms with Crippen LogP contribution in [0.15, 0.2) is 18.2 Å². The Morgan fingerprint density at radius 1 is 1.17 bits per heavy atom. The van der Waals surface area contributed by atoms with Crippen LogP contribution in [0.2, 0.25) is 0 Å². The molecule has 0 atom stereocenters. The van der Waals surface area contributed by atoms with E-state index in [0.717, 1.165) is 32.4 Å². The Labute approximate surface area is 131 Å². The fourth-order valence-corrected chi connectivity index (χ4v) is 2.64. The number of nitro benzene ring substituents is 1. The van der Waals surface area contributed by atoms with Gasteiger partial charge in [-0.25, -0.2) is 14.5 Å². The molecule has 2 amide bonds. The van der Waals surface area contributed by atoms with Crippen LogP contribution >= 0.6 is 0 Å². The Hall–Kier alpha value is -2.84. The van der Waals surface area contributed by atoms with Crippen LogP contribution in [0.5, 0.6) is 0 Å². The number of anilines is 1. The van der Waals surface area contributed by atoms with E-state index >= 15 is 0 Å². The zero-order chi connectivity index (χ0) is 17.0. The summed E-state index contributed by atoms with van der Waals surface area (Å²) in [5, 5.41) is 28.9. The summed E-state index contributed by atoms with van der Waals surface area (Å²) in [4.78, 5) is 34.7. The van der Waals surface area contributed by atoms with Crippen molar-refractivity contribution in [3.05, 3.63) is 33.9 Å². The van der Waals surface area contributed by atoms with Crippen LogP contribution in [-0.4, -0.2) is 45.3 Å². The highest BCUT2D eigenvalue weighted by atomic mass is 16.6. The summed E-state index contributed by atoms with van der Waals surface area (Å²) >= 11 is 0. The molecule has 0 bridgehead atoms. The molecule has 1 aliphatic rings. The lowest BCUT2D eigenvalue weighted by molar-refractivity contribution is -0.384. The van der Waals surface area contributed by atoms with Crippen molar-refractivity contribution < 1.29 is 24.7 Å². The van der Waals surface area contributed by atoms with Gasteiger partial charge >= 0.3 is 12.2 Å². The van der Waals surface area contributed by atoms with Gasteiger partial charge in [-0.1, -0.05) is 0 Å². The Bertz CT molecular complexity index is 613. The molecular weight excluding hydrogens is 306 g/mol. The number of carbonyl (C=O) groups is 2. The summed E-state index contributed by atoms with van der Waals surface area (Å²) in [6.07, 6.45) is -0.201. The van der Waals surface area contributed by atoms with E-state index in [0.29, 0.717) is 11.3 Å². The number of imide groups is 1. The molecule has 2 rings (SSSR count). The van der Waals surface area contributed by atoms with Gasteiger partial charge in [0.1, 0.15) is 0 Å². The summed E-state index contributed by atoms with van der Waals surface area (Å²) in [6, 6.07) is 4.14. The van der Waals surface area contributed by atoms with Gasteiger partial charge in [0.05, 0.1) is 11.5 Å². The number of nitro groups is 1. The zero-order valence-corrected chi connectivity index (χ0v) is 12.3. The number of rotatable bonds is 4. The molecule has 1 aromatic rings. The van der Waals surface area contributed by atoms with Crippen molar-refractivity contribution in [1.29, 1.82) is 0 Å². The number of piperidine rings is 1. The van der Waals surface area contributed by atoms with E-state index < -0.39 is 23.7 Å². The van der Waals surface area contributed by atoms with Crippen molar-refractivity contribution in [2.24, 2.45) is 0 Å². The van der Waals surface area contributed by atoms with E-state index in [9.17, 15) is 19.7 Å². The summed E-state index contributed by atoms with van der Waals surface area (Å²) in [6.45, 7) is 1.06. The number of hydrogen-bond donors (Lipinski definition) is 2. The number of amides is 2. The first-order valence-electron chi connectivity index (χ1n) is 7.16. The number of non-ortho nitro benzene ring substituents is 1. The lowest BCUT2D eigenvalue weighted by atomic mass is 10.1. The lowest BCUT2D eigenvalue weighted by Gasteiger charge is -2.31. The highest BCUT2D eigenvalue weighted by Crippen LogP contribution is 2.29. The van der Waals surface area contributed by atoms with Gasteiger partial charge in [-0.3, -0.25) is 10.1 Å². The average molecular weight is 323 g/mol. The summed E-state index contributed by atoms with van der Waals surface area (Å²) in [5.41, 5.74) is 0.755. The third kappa shape index (κ3) is 3.87. The molecule has 0 unspecified atom stereocenters. The van der Waals surface area contributed by atoms with E-state index in [1.807, 2.05) is 4.90 Å².